The van der Waals surface area contributed by atoms with Crippen LogP contribution in [0.5, 0.6) is 5.75 Å². The van der Waals surface area contributed by atoms with Gasteiger partial charge in [-0.3, -0.25) is 4.79 Å². The Balaban J connectivity index is 1.73. The lowest BCUT2D eigenvalue weighted by atomic mass is 10.1. The zero-order chi connectivity index (χ0) is 21.0. The number of aryl methyl sites for hydroxylation is 1. The van der Waals surface area contributed by atoms with E-state index in [9.17, 15) is 13.2 Å². The van der Waals surface area contributed by atoms with Gasteiger partial charge in [-0.1, -0.05) is 29.3 Å². The maximum absolute atomic E-state index is 12.8. The number of hydrogen-bond acceptors (Lipinski definition) is 4. The highest BCUT2D eigenvalue weighted by molar-refractivity contribution is 7.89. The average Bonchev–Trinajstić information content (AvgIpc) is 3.24. The van der Waals surface area contributed by atoms with Crippen LogP contribution in [-0.4, -0.2) is 38.8 Å². The predicted octanol–water partition coefficient (Wildman–Crippen LogP) is 4.36. The van der Waals surface area contributed by atoms with Crippen molar-refractivity contribution in [3.63, 3.8) is 0 Å². The fourth-order valence-electron chi connectivity index (χ4n) is 3.19. The van der Waals surface area contributed by atoms with Crippen LogP contribution in [-0.2, 0) is 21.2 Å². The van der Waals surface area contributed by atoms with Crippen molar-refractivity contribution >= 4 is 44.8 Å². The van der Waals surface area contributed by atoms with E-state index in [4.69, 9.17) is 27.9 Å². The molecular formula is C20H22Cl2N2O4S. The van der Waals surface area contributed by atoms with Crippen LogP contribution < -0.4 is 10.1 Å². The second-order valence-corrected chi connectivity index (χ2v) is 9.52. The number of methoxy groups -OCH3 is 1. The number of anilines is 1. The Kier molecular flexibility index (Phi) is 7.05. The number of carbonyl (C=O) groups excluding carboxylic acids is 1. The molecule has 0 atom stereocenters. The summed E-state index contributed by atoms with van der Waals surface area (Å²) >= 11 is 11.9. The van der Waals surface area contributed by atoms with Gasteiger partial charge >= 0.3 is 0 Å². The molecule has 0 aliphatic carbocycles. The SMILES string of the molecule is COc1ccc(S(=O)(=O)N2CCCC2)cc1NC(=O)CCc1ccc(Cl)c(Cl)c1. The van der Waals surface area contributed by atoms with Crippen LogP contribution in [0.3, 0.4) is 0 Å². The average molecular weight is 457 g/mol. The number of nitrogens with zero attached hydrogens (tertiary/aromatic N) is 1. The highest BCUT2D eigenvalue weighted by atomic mass is 35.5. The Labute approximate surface area is 180 Å². The number of sulfonamides is 1. The first-order valence-corrected chi connectivity index (χ1v) is 11.4. The molecule has 3 rings (SSSR count). The zero-order valence-corrected chi connectivity index (χ0v) is 18.3. The molecule has 1 aliphatic heterocycles. The molecule has 156 valence electrons. The fraction of sp³-hybridized carbons (Fsp3) is 0.350. The van der Waals surface area contributed by atoms with Crippen molar-refractivity contribution in [1.29, 1.82) is 0 Å². The van der Waals surface area contributed by atoms with E-state index in [1.165, 1.54) is 23.5 Å². The summed E-state index contributed by atoms with van der Waals surface area (Å²) in [7, 11) is -2.12. The fourth-order valence-corrected chi connectivity index (χ4v) is 5.05. The molecule has 2 aromatic rings. The molecule has 1 saturated heterocycles. The molecule has 0 radical (unpaired) electrons. The lowest BCUT2D eigenvalue weighted by molar-refractivity contribution is -0.116. The molecular weight excluding hydrogens is 435 g/mol. The molecule has 9 heteroatoms. The van der Waals surface area contributed by atoms with Crippen LogP contribution in [0.1, 0.15) is 24.8 Å². The van der Waals surface area contributed by atoms with Gasteiger partial charge in [-0.15, -0.1) is 0 Å². The van der Waals surface area contributed by atoms with Gasteiger partial charge < -0.3 is 10.1 Å². The molecule has 2 aromatic carbocycles. The highest BCUT2D eigenvalue weighted by Crippen LogP contribution is 2.30. The van der Waals surface area contributed by atoms with Gasteiger partial charge in [0.25, 0.3) is 0 Å². The van der Waals surface area contributed by atoms with Gasteiger partial charge in [0.05, 0.1) is 27.7 Å². The molecule has 1 fully saturated rings. The normalized spacial score (nSPS) is 14.7. The second kappa shape index (κ2) is 9.34. The van der Waals surface area contributed by atoms with Gasteiger partial charge in [-0.05, 0) is 55.2 Å². The molecule has 6 nitrogen and oxygen atoms in total. The molecule has 1 amide bonds. The van der Waals surface area contributed by atoms with E-state index >= 15 is 0 Å². The molecule has 1 N–H and O–H groups in total. The molecule has 0 spiro atoms. The van der Waals surface area contributed by atoms with Crippen LogP contribution in [0.4, 0.5) is 5.69 Å². The van der Waals surface area contributed by atoms with Gasteiger partial charge in [0.1, 0.15) is 5.75 Å². The molecule has 0 unspecified atom stereocenters. The van der Waals surface area contributed by atoms with Crippen molar-refractivity contribution in [2.75, 3.05) is 25.5 Å². The minimum Gasteiger partial charge on any atom is -0.495 e. The predicted molar refractivity (Wildman–Crippen MR) is 114 cm³/mol. The van der Waals surface area contributed by atoms with Crippen molar-refractivity contribution in [3.05, 3.63) is 52.0 Å². The smallest absolute Gasteiger partial charge is 0.243 e. The molecule has 0 bridgehead atoms. The van der Waals surface area contributed by atoms with Crippen LogP contribution in [0.25, 0.3) is 0 Å². The molecule has 1 aliphatic rings. The Morgan fingerprint density at radius 3 is 2.48 bits per heavy atom. The third-order valence-electron chi connectivity index (χ3n) is 4.77. The standard InChI is InChI=1S/C20H22Cl2N2O4S/c1-28-19-8-6-15(29(26,27)24-10-2-3-11-24)13-18(19)23-20(25)9-5-14-4-7-16(21)17(22)12-14/h4,6-8,12-13H,2-3,5,9-11H2,1H3,(H,23,25). The summed E-state index contributed by atoms with van der Waals surface area (Å²) in [6, 6.07) is 9.72. The summed E-state index contributed by atoms with van der Waals surface area (Å²) < 4.78 is 32.3. The topological polar surface area (TPSA) is 75.7 Å². The van der Waals surface area contributed by atoms with Crippen LogP contribution >= 0.6 is 23.2 Å². The Bertz CT molecular complexity index is 1010. The Morgan fingerprint density at radius 1 is 1.10 bits per heavy atom. The van der Waals surface area contributed by atoms with Crippen molar-refractivity contribution in [2.45, 2.75) is 30.6 Å². The van der Waals surface area contributed by atoms with E-state index in [1.54, 1.807) is 18.2 Å². The minimum absolute atomic E-state index is 0.139. The number of amides is 1. The highest BCUT2D eigenvalue weighted by Gasteiger charge is 2.28. The van der Waals surface area contributed by atoms with Crippen LogP contribution in [0, 0.1) is 0 Å². The number of rotatable bonds is 7. The van der Waals surface area contributed by atoms with E-state index in [0.717, 1.165) is 18.4 Å². The first kappa shape index (κ1) is 21.9. The number of ether oxygens (including phenoxy) is 1. The molecule has 0 saturated carbocycles. The lowest BCUT2D eigenvalue weighted by Gasteiger charge is -2.17. The van der Waals surface area contributed by atoms with Gasteiger partial charge in [0.15, 0.2) is 0 Å². The van der Waals surface area contributed by atoms with Gasteiger partial charge in [-0.25, -0.2) is 8.42 Å². The maximum Gasteiger partial charge on any atom is 0.243 e. The number of halogens is 2. The number of carbonyl (C=O) groups is 1. The van der Waals surface area contributed by atoms with Gasteiger partial charge in [0, 0.05) is 19.5 Å². The number of benzene rings is 2. The minimum atomic E-state index is -3.59. The third-order valence-corrected chi connectivity index (χ3v) is 7.41. The van der Waals surface area contributed by atoms with E-state index in [0.29, 0.717) is 41.0 Å². The zero-order valence-electron chi connectivity index (χ0n) is 16.0. The first-order valence-electron chi connectivity index (χ1n) is 9.23. The van der Waals surface area contributed by atoms with E-state index < -0.39 is 10.0 Å². The Hall–Kier alpha value is -1.80. The number of nitrogens with one attached hydrogen (secondary N) is 1. The summed E-state index contributed by atoms with van der Waals surface area (Å²) in [6.45, 7) is 1.03. The van der Waals surface area contributed by atoms with Crippen molar-refractivity contribution in [2.24, 2.45) is 0 Å². The van der Waals surface area contributed by atoms with Gasteiger partial charge in [-0.2, -0.15) is 4.31 Å². The summed E-state index contributed by atoms with van der Waals surface area (Å²) in [4.78, 5) is 12.6. The summed E-state index contributed by atoms with van der Waals surface area (Å²) in [5, 5.41) is 3.65. The quantitative estimate of drug-likeness (QED) is 0.671. The van der Waals surface area contributed by atoms with Crippen molar-refractivity contribution < 1.29 is 17.9 Å². The van der Waals surface area contributed by atoms with Crippen molar-refractivity contribution in [1.82, 2.24) is 4.31 Å². The number of hydrogen-bond donors (Lipinski definition) is 1. The Morgan fingerprint density at radius 2 is 1.83 bits per heavy atom. The molecule has 29 heavy (non-hydrogen) atoms. The van der Waals surface area contributed by atoms with E-state index in [2.05, 4.69) is 5.32 Å². The lowest BCUT2D eigenvalue weighted by Crippen LogP contribution is -2.28. The monoisotopic (exact) mass is 456 g/mol. The van der Waals surface area contributed by atoms with Crippen LogP contribution in [0.2, 0.25) is 10.0 Å². The summed E-state index contributed by atoms with van der Waals surface area (Å²) in [5.74, 6) is 0.137. The molecule has 1 heterocycles. The van der Waals surface area contributed by atoms with Crippen molar-refractivity contribution in [3.8, 4) is 5.75 Å². The second-order valence-electron chi connectivity index (χ2n) is 6.77. The summed E-state index contributed by atoms with van der Waals surface area (Å²) in [5.41, 5.74) is 1.21. The third kappa shape index (κ3) is 5.22. The van der Waals surface area contributed by atoms with Crippen LogP contribution in [0.15, 0.2) is 41.3 Å². The van der Waals surface area contributed by atoms with Gasteiger partial charge in [0.2, 0.25) is 15.9 Å². The largest absolute Gasteiger partial charge is 0.495 e. The first-order chi connectivity index (χ1) is 13.8. The van der Waals surface area contributed by atoms with E-state index in [1.807, 2.05) is 6.07 Å². The maximum atomic E-state index is 12.8. The summed E-state index contributed by atoms with van der Waals surface area (Å²) in [6.07, 6.45) is 2.38. The molecule has 0 aromatic heterocycles. The van der Waals surface area contributed by atoms with E-state index in [-0.39, 0.29) is 17.2 Å².